The van der Waals surface area contributed by atoms with E-state index in [-0.39, 0.29) is 0 Å². The van der Waals surface area contributed by atoms with E-state index in [4.69, 9.17) is 5.90 Å². The van der Waals surface area contributed by atoms with Gasteiger partial charge < -0.3 is 10.2 Å². The first kappa shape index (κ1) is 6.88. The highest BCUT2D eigenvalue weighted by atomic mass is 16.6. The smallest absolute Gasteiger partial charge is 0.0803 e. The Morgan fingerprint density at radius 2 is 2.43 bits per heavy atom. The molecule has 0 saturated heterocycles. The van der Waals surface area contributed by atoms with Crippen LogP contribution in [0.3, 0.4) is 0 Å². The summed E-state index contributed by atoms with van der Waals surface area (Å²) >= 11 is 0. The number of rotatable bonds is 4. The van der Waals surface area contributed by atoms with Crippen LogP contribution < -0.4 is 11.2 Å². The lowest BCUT2D eigenvalue weighted by atomic mass is 10.6. The van der Waals surface area contributed by atoms with Gasteiger partial charge in [0.25, 0.3) is 0 Å². The van der Waals surface area contributed by atoms with Gasteiger partial charge in [0.2, 0.25) is 0 Å². The molecule has 44 valence electrons. The topological polar surface area (TPSA) is 47.3 Å². The van der Waals surface area contributed by atoms with Gasteiger partial charge in [0.1, 0.15) is 0 Å². The van der Waals surface area contributed by atoms with E-state index in [1.807, 2.05) is 6.92 Å². The van der Waals surface area contributed by atoms with Gasteiger partial charge in [-0.05, 0) is 6.54 Å². The van der Waals surface area contributed by atoms with Gasteiger partial charge in [-0.2, -0.15) is 0 Å². The van der Waals surface area contributed by atoms with Gasteiger partial charge >= 0.3 is 0 Å². The molecule has 7 heavy (non-hydrogen) atoms. The molecule has 0 unspecified atom stereocenters. The zero-order valence-corrected chi connectivity index (χ0v) is 4.61. The van der Waals surface area contributed by atoms with Crippen molar-refractivity contribution in [3.8, 4) is 0 Å². The minimum absolute atomic E-state index is 0.591. The van der Waals surface area contributed by atoms with Crippen LogP contribution >= 0.6 is 0 Å². The Kier molecular flexibility index (Phi) is 5.78. The Labute approximate surface area is 43.8 Å². The maximum absolute atomic E-state index is 4.73. The van der Waals surface area contributed by atoms with Crippen LogP contribution in [0.2, 0.25) is 0 Å². The number of nitrogens with one attached hydrogen (secondary N) is 1. The number of nitrogens with two attached hydrogens (primary N) is 1. The second-order valence-electron chi connectivity index (χ2n) is 1.22. The van der Waals surface area contributed by atoms with Crippen LogP contribution in [0.5, 0.6) is 0 Å². The van der Waals surface area contributed by atoms with Gasteiger partial charge in [-0.3, -0.25) is 0 Å². The van der Waals surface area contributed by atoms with Crippen LogP contribution in [0, 0.1) is 0 Å². The quantitative estimate of drug-likeness (QED) is 0.373. The number of hydrogen-bond acceptors (Lipinski definition) is 3. The van der Waals surface area contributed by atoms with Crippen molar-refractivity contribution in [2.24, 2.45) is 5.90 Å². The summed E-state index contributed by atoms with van der Waals surface area (Å²) in [6.45, 7) is 4.45. The van der Waals surface area contributed by atoms with Crippen molar-refractivity contribution in [2.75, 3.05) is 19.7 Å². The minimum atomic E-state index is 0.591. The highest BCUT2D eigenvalue weighted by molar-refractivity contribution is 4.36. The third-order valence-electron chi connectivity index (χ3n) is 0.647. The maximum Gasteiger partial charge on any atom is 0.0803 e. The average Bonchev–Trinajstić information content (AvgIpc) is 1.69. The molecule has 0 fully saturated rings. The molecule has 0 amide bonds. The van der Waals surface area contributed by atoms with E-state index in [1.54, 1.807) is 0 Å². The molecule has 0 spiro atoms. The highest BCUT2D eigenvalue weighted by Crippen LogP contribution is 1.57. The largest absolute Gasteiger partial charge is 0.315 e. The minimum Gasteiger partial charge on any atom is -0.315 e. The molecule has 0 atom stereocenters. The fourth-order valence-electron chi connectivity index (χ4n) is 0.308. The Hall–Kier alpha value is -0.120. The second kappa shape index (κ2) is 5.88. The molecule has 0 aliphatic heterocycles. The van der Waals surface area contributed by atoms with Gasteiger partial charge in [0.05, 0.1) is 6.61 Å². The summed E-state index contributed by atoms with van der Waals surface area (Å²) in [6, 6.07) is 0. The molecule has 3 N–H and O–H groups in total. The molecule has 0 radical (unpaired) electrons. The molecule has 3 nitrogen and oxygen atoms in total. The predicted octanol–water partition coefficient (Wildman–Crippen LogP) is -0.514. The third kappa shape index (κ3) is 5.88. The third-order valence-corrected chi connectivity index (χ3v) is 0.647. The lowest BCUT2D eigenvalue weighted by Crippen LogP contribution is -2.20. The van der Waals surface area contributed by atoms with E-state index in [9.17, 15) is 0 Å². The fourth-order valence-corrected chi connectivity index (χ4v) is 0.308. The Bertz CT molecular complexity index is 28.9. The summed E-state index contributed by atoms with van der Waals surface area (Å²) in [5, 5.41) is 3.04. The molecule has 0 heterocycles. The van der Waals surface area contributed by atoms with Crippen LogP contribution in [-0.4, -0.2) is 19.7 Å². The summed E-state index contributed by atoms with van der Waals surface area (Å²) in [5.74, 6) is 4.73. The normalized spacial score (nSPS) is 9.43. The zero-order valence-electron chi connectivity index (χ0n) is 4.61. The fraction of sp³-hybridized carbons (Fsp3) is 1.00. The summed E-state index contributed by atoms with van der Waals surface area (Å²) in [5.41, 5.74) is 0. The van der Waals surface area contributed by atoms with E-state index in [2.05, 4.69) is 10.2 Å². The van der Waals surface area contributed by atoms with Crippen molar-refractivity contribution >= 4 is 0 Å². The molecule has 0 aliphatic carbocycles. The second-order valence-corrected chi connectivity index (χ2v) is 1.22. The Morgan fingerprint density at radius 1 is 1.71 bits per heavy atom. The molecule has 0 aliphatic rings. The maximum atomic E-state index is 4.73. The molecule has 0 rings (SSSR count). The van der Waals surface area contributed by atoms with Gasteiger partial charge in [0, 0.05) is 6.54 Å². The lowest BCUT2D eigenvalue weighted by Gasteiger charge is -1.95. The van der Waals surface area contributed by atoms with Gasteiger partial charge in [-0.15, -0.1) is 0 Å². The molecule has 0 saturated carbocycles. The van der Waals surface area contributed by atoms with E-state index < -0.39 is 0 Å². The molecule has 3 heteroatoms. The first-order valence-corrected chi connectivity index (χ1v) is 2.44. The van der Waals surface area contributed by atoms with Crippen LogP contribution in [0.1, 0.15) is 6.92 Å². The van der Waals surface area contributed by atoms with Crippen molar-refractivity contribution in [3.63, 3.8) is 0 Å². The first-order valence-electron chi connectivity index (χ1n) is 2.44. The van der Waals surface area contributed by atoms with Crippen molar-refractivity contribution in [3.05, 3.63) is 0 Å². The van der Waals surface area contributed by atoms with Gasteiger partial charge in [0.15, 0.2) is 0 Å². The van der Waals surface area contributed by atoms with Crippen molar-refractivity contribution in [2.45, 2.75) is 6.92 Å². The monoisotopic (exact) mass is 104 g/mol. The summed E-state index contributed by atoms with van der Waals surface area (Å²) in [7, 11) is 0. The van der Waals surface area contributed by atoms with Gasteiger partial charge in [-0.1, -0.05) is 6.92 Å². The molecule has 0 aromatic rings. The summed E-state index contributed by atoms with van der Waals surface area (Å²) in [4.78, 5) is 4.28. The van der Waals surface area contributed by atoms with Crippen LogP contribution in [-0.2, 0) is 4.84 Å². The summed E-state index contributed by atoms with van der Waals surface area (Å²) < 4.78 is 0. The molecular formula is C4H12N2O. The molecule has 0 aromatic heterocycles. The van der Waals surface area contributed by atoms with Crippen LogP contribution in [0.4, 0.5) is 0 Å². The first-order chi connectivity index (χ1) is 3.41. The van der Waals surface area contributed by atoms with E-state index in [1.165, 1.54) is 0 Å². The average molecular weight is 104 g/mol. The Morgan fingerprint density at radius 3 is 2.86 bits per heavy atom. The predicted molar refractivity (Wildman–Crippen MR) is 28.7 cm³/mol. The molecule has 0 bridgehead atoms. The van der Waals surface area contributed by atoms with E-state index in [0.29, 0.717) is 6.61 Å². The highest BCUT2D eigenvalue weighted by Gasteiger charge is 1.77. The van der Waals surface area contributed by atoms with Crippen LogP contribution in [0.25, 0.3) is 0 Å². The number of hydrogen-bond donors (Lipinski definition) is 2. The standard InChI is InChI=1S/C4H12N2O/c1-2-6-3-4-7-5/h6H,2-5H2,1H3. The number of likely N-dealkylation sites (N-methyl/N-ethyl adjacent to an activating group) is 1. The van der Waals surface area contributed by atoms with E-state index in [0.717, 1.165) is 13.1 Å². The molecular weight excluding hydrogens is 92.1 g/mol. The van der Waals surface area contributed by atoms with E-state index >= 15 is 0 Å². The summed E-state index contributed by atoms with van der Waals surface area (Å²) in [6.07, 6.45) is 0. The lowest BCUT2D eigenvalue weighted by molar-refractivity contribution is 0.140. The Balaban J connectivity index is 2.45. The van der Waals surface area contributed by atoms with Crippen molar-refractivity contribution in [1.29, 1.82) is 0 Å². The van der Waals surface area contributed by atoms with Crippen LogP contribution in [0.15, 0.2) is 0 Å². The van der Waals surface area contributed by atoms with Crippen molar-refractivity contribution < 1.29 is 4.84 Å². The van der Waals surface area contributed by atoms with Crippen molar-refractivity contribution in [1.82, 2.24) is 5.32 Å². The van der Waals surface area contributed by atoms with Gasteiger partial charge in [-0.25, -0.2) is 5.90 Å². The molecule has 0 aromatic carbocycles. The SMILES string of the molecule is CCNCCON. The zero-order chi connectivity index (χ0) is 5.54.